The molecule has 1 unspecified atom stereocenters. The number of benzene rings is 1. The number of likely N-dealkylation sites (tertiary alicyclic amines) is 1. The second-order valence-electron chi connectivity index (χ2n) is 5.97. The third-order valence-electron chi connectivity index (χ3n) is 4.24. The third-order valence-corrected chi connectivity index (χ3v) is 4.24. The lowest BCUT2D eigenvalue weighted by Crippen LogP contribution is -2.28. The van der Waals surface area contributed by atoms with Crippen molar-refractivity contribution in [3.63, 3.8) is 0 Å². The van der Waals surface area contributed by atoms with Crippen molar-refractivity contribution in [3.05, 3.63) is 35.4 Å². The minimum absolute atomic E-state index is 0.594. The molecule has 1 saturated heterocycles. The summed E-state index contributed by atoms with van der Waals surface area (Å²) in [6.07, 6.45) is 3.93. The lowest BCUT2D eigenvalue weighted by molar-refractivity contribution is 0.233. The molecule has 106 valence electrons. The number of rotatable bonds is 6. The molecule has 2 rings (SSSR count). The van der Waals surface area contributed by atoms with E-state index in [4.69, 9.17) is 0 Å². The van der Waals surface area contributed by atoms with Gasteiger partial charge < -0.3 is 5.32 Å². The van der Waals surface area contributed by atoms with Crippen LogP contribution in [0.15, 0.2) is 24.3 Å². The first kappa shape index (κ1) is 14.5. The van der Waals surface area contributed by atoms with Crippen LogP contribution in [0.1, 0.15) is 56.2 Å². The highest BCUT2D eigenvalue weighted by Crippen LogP contribution is 2.28. The summed E-state index contributed by atoms with van der Waals surface area (Å²) in [4.78, 5) is 2.65. The molecule has 1 aliphatic rings. The number of hydrogen-bond acceptors (Lipinski definition) is 2. The Balaban J connectivity index is 2.11. The van der Waals surface area contributed by atoms with Crippen LogP contribution in [0.4, 0.5) is 0 Å². The number of nitrogens with zero attached hydrogens (tertiary/aromatic N) is 1. The van der Waals surface area contributed by atoms with Gasteiger partial charge in [0.25, 0.3) is 0 Å². The summed E-state index contributed by atoms with van der Waals surface area (Å²) >= 11 is 0. The van der Waals surface area contributed by atoms with E-state index in [0.29, 0.717) is 12.0 Å². The normalized spacial score (nSPS) is 18.1. The van der Waals surface area contributed by atoms with Crippen molar-refractivity contribution in [1.29, 1.82) is 0 Å². The minimum atomic E-state index is 0.594. The summed E-state index contributed by atoms with van der Waals surface area (Å²) in [6, 6.07) is 9.89. The summed E-state index contributed by atoms with van der Waals surface area (Å²) < 4.78 is 0. The largest absolute Gasteiger partial charge is 0.320 e. The Morgan fingerprint density at radius 1 is 1.05 bits per heavy atom. The molecule has 0 radical (unpaired) electrons. The van der Waals surface area contributed by atoms with Gasteiger partial charge in [0, 0.05) is 6.04 Å². The van der Waals surface area contributed by atoms with Gasteiger partial charge in [-0.3, -0.25) is 4.90 Å². The first-order chi connectivity index (χ1) is 9.22. The van der Waals surface area contributed by atoms with E-state index >= 15 is 0 Å². The van der Waals surface area contributed by atoms with Gasteiger partial charge >= 0.3 is 0 Å². The summed E-state index contributed by atoms with van der Waals surface area (Å²) in [5.74, 6) is 0.622. The maximum absolute atomic E-state index is 3.29. The Hall–Kier alpha value is -0.860. The first-order valence-electron chi connectivity index (χ1n) is 7.71. The Kier molecular flexibility index (Phi) is 5.41. The van der Waals surface area contributed by atoms with Crippen LogP contribution in [0, 0.1) is 0 Å². The Morgan fingerprint density at radius 3 is 2.16 bits per heavy atom. The van der Waals surface area contributed by atoms with Crippen LogP contribution in [-0.2, 0) is 0 Å². The smallest absolute Gasteiger partial charge is 0.0360 e. The Morgan fingerprint density at radius 2 is 1.63 bits per heavy atom. The van der Waals surface area contributed by atoms with Crippen LogP contribution in [0.25, 0.3) is 0 Å². The van der Waals surface area contributed by atoms with Crippen molar-refractivity contribution in [3.8, 4) is 0 Å². The highest BCUT2D eigenvalue weighted by Gasteiger charge is 2.22. The maximum Gasteiger partial charge on any atom is 0.0360 e. The molecule has 0 bridgehead atoms. The van der Waals surface area contributed by atoms with Crippen molar-refractivity contribution < 1.29 is 0 Å². The van der Waals surface area contributed by atoms with Crippen molar-refractivity contribution in [2.45, 2.75) is 45.1 Å². The summed E-state index contributed by atoms with van der Waals surface area (Å²) in [5, 5.41) is 3.29. The second-order valence-corrected chi connectivity index (χ2v) is 5.97. The molecule has 19 heavy (non-hydrogen) atoms. The second kappa shape index (κ2) is 7.06. The standard InChI is InChI=1S/C17H28N2/c1-14(2)15-6-8-16(9-7-15)17(10-11-18-3)19-12-4-5-13-19/h6-9,14,17-18H,4-5,10-13H2,1-3H3. The molecule has 1 heterocycles. The van der Waals surface area contributed by atoms with Crippen molar-refractivity contribution in [2.75, 3.05) is 26.7 Å². The van der Waals surface area contributed by atoms with Crippen LogP contribution in [0.3, 0.4) is 0 Å². The average Bonchev–Trinajstić information content (AvgIpc) is 2.94. The van der Waals surface area contributed by atoms with E-state index in [1.807, 2.05) is 7.05 Å². The first-order valence-corrected chi connectivity index (χ1v) is 7.71. The molecule has 2 heteroatoms. The number of hydrogen-bond donors (Lipinski definition) is 1. The van der Waals surface area contributed by atoms with Gasteiger partial charge in [0.15, 0.2) is 0 Å². The predicted molar refractivity (Wildman–Crippen MR) is 82.6 cm³/mol. The molecule has 0 saturated carbocycles. The van der Waals surface area contributed by atoms with E-state index in [1.54, 1.807) is 0 Å². The maximum atomic E-state index is 3.29. The molecule has 0 amide bonds. The molecule has 1 aromatic carbocycles. The average molecular weight is 260 g/mol. The summed E-state index contributed by atoms with van der Waals surface area (Å²) in [7, 11) is 2.04. The lowest BCUT2D eigenvalue weighted by Gasteiger charge is -2.28. The van der Waals surface area contributed by atoms with E-state index in [0.717, 1.165) is 6.54 Å². The number of nitrogens with one attached hydrogen (secondary N) is 1. The van der Waals surface area contributed by atoms with E-state index in [-0.39, 0.29) is 0 Å². The van der Waals surface area contributed by atoms with E-state index in [9.17, 15) is 0 Å². The third kappa shape index (κ3) is 3.80. The Bertz CT molecular complexity index is 363. The highest BCUT2D eigenvalue weighted by atomic mass is 15.2. The Labute approximate surface area is 118 Å². The van der Waals surface area contributed by atoms with Crippen LogP contribution < -0.4 is 5.32 Å². The highest BCUT2D eigenvalue weighted by molar-refractivity contribution is 5.27. The van der Waals surface area contributed by atoms with Gasteiger partial charge in [-0.1, -0.05) is 38.1 Å². The summed E-state index contributed by atoms with van der Waals surface area (Å²) in [6.45, 7) is 8.13. The van der Waals surface area contributed by atoms with Gasteiger partial charge in [0.05, 0.1) is 0 Å². The van der Waals surface area contributed by atoms with Crippen molar-refractivity contribution in [2.24, 2.45) is 0 Å². The van der Waals surface area contributed by atoms with Gasteiger partial charge in [0.1, 0.15) is 0 Å². The molecule has 2 nitrogen and oxygen atoms in total. The monoisotopic (exact) mass is 260 g/mol. The SMILES string of the molecule is CNCCC(c1ccc(C(C)C)cc1)N1CCCC1. The van der Waals surface area contributed by atoms with Crippen LogP contribution in [0.2, 0.25) is 0 Å². The van der Waals surface area contributed by atoms with Crippen molar-refractivity contribution >= 4 is 0 Å². The minimum Gasteiger partial charge on any atom is -0.320 e. The quantitative estimate of drug-likeness (QED) is 0.841. The fourth-order valence-electron chi connectivity index (χ4n) is 3.00. The zero-order chi connectivity index (χ0) is 13.7. The molecule has 0 aromatic heterocycles. The van der Waals surface area contributed by atoms with Crippen LogP contribution in [-0.4, -0.2) is 31.6 Å². The van der Waals surface area contributed by atoms with Gasteiger partial charge in [-0.05, 0) is 63.0 Å². The van der Waals surface area contributed by atoms with Gasteiger partial charge in [-0.2, -0.15) is 0 Å². The van der Waals surface area contributed by atoms with E-state index in [2.05, 4.69) is 48.3 Å². The molecule has 1 aromatic rings. The van der Waals surface area contributed by atoms with E-state index in [1.165, 1.54) is 43.5 Å². The molecular weight excluding hydrogens is 232 g/mol. The van der Waals surface area contributed by atoms with Crippen LogP contribution in [0.5, 0.6) is 0 Å². The molecule has 1 atom stereocenters. The molecule has 1 aliphatic heterocycles. The fourth-order valence-corrected chi connectivity index (χ4v) is 3.00. The molecule has 1 fully saturated rings. The molecule has 0 aliphatic carbocycles. The zero-order valence-electron chi connectivity index (χ0n) is 12.7. The van der Waals surface area contributed by atoms with Gasteiger partial charge in [0.2, 0.25) is 0 Å². The fraction of sp³-hybridized carbons (Fsp3) is 0.647. The van der Waals surface area contributed by atoms with Crippen molar-refractivity contribution in [1.82, 2.24) is 10.2 Å². The summed E-state index contributed by atoms with van der Waals surface area (Å²) in [5.41, 5.74) is 2.93. The van der Waals surface area contributed by atoms with Crippen LogP contribution >= 0.6 is 0 Å². The molecule has 0 spiro atoms. The van der Waals surface area contributed by atoms with E-state index < -0.39 is 0 Å². The lowest BCUT2D eigenvalue weighted by atomic mass is 9.97. The van der Waals surface area contributed by atoms with Gasteiger partial charge in [-0.15, -0.1) is 0 Å². The molecular formula is C17H28N2. The predicted octanol–water partition coefficient (Wildman–Crippen LogP) is 3.56. The zero-order valence-corrected chi connectivity index (χ0v) is 12.7. The van der Waals surface area contributed by atoms with Gasteiger partial charge in [-0.25, -0.2) is 0 Å². The topological polar surface area (TPSA) is 15.3 Å². The molecule has 1 N–H and O–H groups in total.